The number of piperidine rings is 1. The number of rotatable bonds is 7. The molecule has 0 atom stereocenters. The summed E-state index contributed by atoms with van der Waals surface area (Å²) in [6.45, 7) is 8.51. The van der Waals surface area contributed by atoms with Crippen LogP contribution >= 0.6 is 11.3 Å². The van der Waals surface area contributed by atoms with Crippen molar-refractivity contribution in [3.8, 4) is 11.5 Å². The first-order chi connectivity index (χ1) is 16.5. The quantitative estimate of drug-likeness (QED) is 0.465. The van der Waals surface area contributed by atoms with Crippen LogP contribution in [0.3, 0.4) is 0 Å². The monoisotopic (exact) mass is 477 g/mol. The smallest absolute Gasteiger partial charge is 0.273 e. The zero-order valence-electron chi connectivity index (χ0n) is 19.8. The predicted molar refractivity (Wildman–Crippen MR) is 133 cm³/mol. The molecule has 0 aliphatic carbocycles. The third-order valence-corrected chi connectivity index (χ3v) is 7.40. The Labute approximate surface area is 205 Å². The summed E-state index contributed by atoms with van der Waals surface area (Å²) in [5.74, 6) is 2.35. The SMILES string of the molecule is Cc1ccc(CN(Cc2ccc3c(c2)OCO3)Cc2nc(C(=O)N3CCC(C)CC3)cs2)cc1. The Kier molecular flexibility index (Phi) is 6.83. The molecule has 2 aliphatic rings. The molecule has 0 N–H and O–H groups in total. The van der Waals surface area contributed by atoms with Crippen LogP contribution in [0.1, 0.15) is 52.0 Å². The molecule has 1 amide bonds. The topological polar surface area (TPSA) is 54.9 Å². The van der Waals surface area contributed by atoms with E-state index in [-0.39, 0.29) is 12.7 Å². The molecule has 0 spiro atoms. The van der Waals surface area contributed by atoms with Gasteiger partial charge in [0.05, 0.1) is 6.54 Å². The summed E-state index contributed by atoms with van der Waals surface area (Å²) in [5, 5.41) is 2.88. The minimum absolute atomic E-state index is 0.0651. The Morgan fingerprint density at radius 3 is 2.53 bits per heavy atom. The number of thiazole rings is 1. The summed E-state index contributed by atoms with van der Waals surface area (Å²) < 4.78 is 11.0. The van der Waals surface area contributed by atoms with Crippen LogP contribution < -0.4 is 9.47 Å². The molecule has 0 radical (unpaired) electrons. The van der Waals surface area contributed by atoms with E-state index in [1.807, 2.05) is 16.3 Å². The number of nitrogens with zero attached hydrogens (tertiary/aromatic N) is 3. The Balaban J connectivity index is 1.31. The van der Waals surface area contributed by atoms with Gasteiger partial charge in [-0.25, -0.2) is 4.98 Å². The van der Waals surface area contributed by atoms with Crippen LogP contribution in [-0.2, 0) is 19.6 Å². The number of fused-ring (bicyclic) bond motifs is 1. The number of hydrogen-bond donors (Lipinski definition) is 0. The Bertz CT molecular complexity index is 1140. The molecule has 0 bridgehead atoms. The molecule has 3 heterocycles. The Hall–Kier alpha value is -2.90. The van der Waals surface area contributed by atoms with Gasteiger partial charge in [0.2, 0.25) is 6.79 Å². The molecule has 0 saturated carbocycles. The summed E-state index contributed by atoms with van der Waals surface area (Å²) in [6.07, 6.45) is 2.14. The van der Waals surface area contributed by atoms with Crippen LogP contribution in [0.25, 0.3) is 0 Å². The van der Waals surface area contributed by atoms with E-state index in [0.717, 1.165) is 61.1 Å². The second-order valence-corrected chi connectivity index (χ2v) is 10.4. The first-order valence-electron chi connectivity index (χ1n) is 11.9. The van der Waals surface area contributed by atoms with E-state index >= 15 is 0 Å². The summed E-state index contributed by atoms with van der Waals surface area (Å²) in [4.78, 5) is 22.0. The highest BCUT2D eigenvalue weighted by Gasteiger charge is 2.24. The fourth-order valence-electron chi connectivity index (χ4n) is 4.46. The minimum atomic E-state index is 0.0651. The van der Waals surface area contributed by atoms with Gasteiger partial charge in [-0.3, -0.25) is 9.69 Å². The molecule has 178 valence electrons. The maximum atomic E-state index is 13.0. The third kappa shape index (κ3) is 5.42. The average Bonchev–Trinajstić information content (AvgIpc) is 3.50. The standard InChI is InChI=1S/C27H31N3O3S/c1-19-3-5-21(6-4-19)14-29(15-22-7-8-24-25(13-22)33-18-32-24)16-26-28-23(17-34-26)27(31)30-11-9-20(2)10-12-30/h3-8,13,17,20H,9-12,14-16,18H2,1-2H3. The molecule has 5 rings (SSSR count). The van der Waals surface area contributed by atoms with Crippen LogP contribution in [0.2, 0.25) is 0 Å². The molecular formula is C27H31N3O3S. The second-order valence-electron chi connectivity index (χ2n) is 9.42. The van der Waals surface area contributed by atoms with Gasteiger partial charge in [0.25, 0.3) is 5.91 Å². The van der Waals surface area contributed by atoms with Gasteiger partial charge in [0, 0.05) is 31.6 Å². The molecule has 3 aromatic rings. The molecule has 2 aliphatic heterocycles. The molecule has 2 aromatic carbocycles. The summed E-state index contributed by atoms with van der Waals surface area (Å²) in [6, 6.07) is 14.8. The molecule has 1 saturated heterocycles. The van der Waals surface area contributed by atoms with Gasteiger partial charge in [-0.1, -0.05) is 42.8 Å². The number of carbonyl (C=O) groups excluding carboxylic acids is 1. The number of ether oxygens (including phenoxy) is 2. The van der Waals surface area contributed by atoms with Crippen molar-refractivity contribution in [2.75, 3.05) is 19.9 Å². The van der Waals surface area contributed by atoms with Crippen molar-refractivity contribution in [1.82, 2.24) is 14.8 Å². The lowest BCUT2D eigenvalue weighted by atomic mass is 9.99. The van der Waals surface area contributed by atoms with Crippen molar-refractivity contribution in [3.05, 3.63) is 75.2 Å². The number of aromatic nitrogens is 1. The largest absolute Gasteiger partial charge is 0.454 e. The van der Waals surface area contributed by atoms with E-state index in [4.69, 9.17) is 14.5 Å². The molecule has 0 unspecified atom stereocenters. The van der Waals surface area contributed by atoms with E-state index < -0.39 is 0 Å². The third-order valence-electron chi connectivity index (χ3n) is 6.57. The van der Waals surface area contributed by atoms with Gasteiger partial charge in [-0.05, 0) is 48.9 Å². The van der Waals surface area contributed by atoms with Crippen molar-refractivity contribution < 1.29 is 14.3 Å². The zero-order valence-corrected chi connectivity index (χ0v) is 20.6. The normalized spacial score (nSPS) is 15.8. The van der Waals surface area contributed by atoms with Gasteiger partial charge in [0.1, 0.15) is 10.7 Å². The average molecular weight is 478 g/mol. The van der Waals surface area contributed by atoms with Gasteiger partial charge in [-0.15, -0.1) is 11.3 Å². The first kappa shape index (κ1) is 22.9. The number of aryl methyl sites for hydroxylation is 1. The van der Waals surface area contributed by atoms with Gasteiger partial charge >= 0.3 is 0 Å². The van der Waals surface area contributed by atoms with Crippen LogP contribution in [0.4, 0.5) is 0 Å². The fraction of sp³-hybridized carbons (Fsp3) is 0.407. The summed E-state index contributed by atoms with van der Waals surface area (Å²) >= 11 is 1.57. The minimum Gasteiger partial charge on any atom is -0.454 e. The van der Waals surface area contributed by atoms with Crippen molar-refractivity contribution in [3.63, 3.8) is 0 Å². The molecule has 7 heteroatoms. The lowest BCUT2D eigenvalue weighted by molar-refractivity contribution is 0.0691. The Morgan fingerprint density at radius 2 is 1.74 bits per heavy atom. The van der Waals surface area contributed by atoms with Crippen LogP contribution in [-0.4, -0.2) is 40.6 Å². The van der Waals surface area contributed by atoms with E-state index in [1.165, 1.54) is 11.1 Å². The van der Waals surface area contributed by atoms with Crippen LogP contribution in [0.15, 0.2) is 47.8 Å². The number of carbonyl (C=O) groups is 1. The molecule has 6 nitrogen and oxygen atoms in total. The van der Waals surface area contributed by atoms with Gasteiger partial charge in [-0.2, -0.15) is 0 Å². The van der Waals surface area contributed by atoms with Gasteiger partial charge in [0.15, 0.2) is 11.5 Å². The van der Waals surface area contributed by atoms with Crippen molar-refractivity contribution >= 4 is 17.2 Å². The first-order valence-corrected chi connectivity index (χ1v) is 12.8. The van der Waals surface area contributed by atoms with E-state index in [0.29, 0.717) is 18.2 Å². The second kappa shape index (κ2) is 10.2. The Morgan fingerprint density at radius 1 is 1.03 bits per heavy atom. The van der Waals surface area contributed by atoms with E-state index in [1.54, 1.807) is 11.3 Å². The number of hydrogen-bond acceptors (Lipinski definition) is 6. The molecule has 34 heavy (non-hydrogen) atoms. The highest BCUT2D eigenvalue weighted by Crippen LogP contribution is 2.33. The van der Waals surface area contributed by atoms with Crippen LogP contribution in [0, 0.1) is 12.8 Å². The van der Waals surface area contributed by atoms with Crippen molar-refractivity contribution in [2.24, 2.45) is 5.92 Å². The predicted octanol–water partition coefficient (Wildman–Crippen LogP) is 5.25. The van der Waals surface area contributed by atoms with Crippen molar-refractivity contribution in [1.29, 1.82) is 0 Å². The summed E-state index contributed by atoms with van der Waals surface area (Å²) in [5.41, 5.74) is 4.24. The maximum absolute atomic E-state index is 13.0. The zero-order chi connectivity index (χ0) is 23.5. The molecular weight excluding hydrogens is 446 g/mol. The fourth-order valence-corrected chi connectivity index (χ4v) is 5.27. The lowest BCUT2D eigenvalue weighted by Crippen LogP contribution is -2.38. The highest BCUT2D eigenvalue weighted by molar-refractivity contribution is 7.09. The van der Waals surface area contributed by atoms with Crippen LogP contribution in [0.5, 0.6) is 11.5 Å². The van der Waals surface area contributed by atoms with E-state index in [9.17, 15) is 4.79 Å². The lowest BCUT2D eigenvalue weighted by Gasteiger charge is -2.29. The summed E-state index contributed by atoms with van der Waals surface area (Å²) in [7, 11) is 0. The van der Waals surface area contributed by atoms with Crippen molar-refractivity contribution in [2.45, 2.75) is 46.3 Å². The van der Waals surface area contributed by atoms with Gasteiger partial charge < -0.3 is 14.4 Å². The molecule has 1 fully saturated rings. The maximum Gasteiger partial charge on any atom is 0.273 e. The molecule has 1 aromatic heterocycles. The number of benzene rings is 2. The van der Waals surface area contributed by atoms with E-state index in [2.05, 4.69) is 55.1 Å². The highest BCUT2D eigenvalue weighted by atomic mass is 32.1. The number of likely N-dealkylation sites (tertiary alicyclic amines) is 1. The number of amides is 1.